The minimum atomic E-state index is -1.85. The van der Waals surface area contributed by atoms with Crippen molar-refractivity contribution in [1.29, 1.82) is 0 Å². The molecule has 9 heteroatoms. The van der Waals surface area contributed by atoms with Crippen LogP contribution in [0.1, 0.15) is 35.3 Å². The number of amides is 1. The highest BCUT2D eigenvalue weighted by molar-refractivity contribution is 5.94. The van der Waals surface area contributed by atoms with Gasteiger partial charge in [-0.1, -0.05) is 42.5 Å². The summed E-state index contributed by atoms with van der Waals surface area (Å²) in [5.74, 6) is -0.557. The molecule has 3 aromatic carbocycles. The van der Waals surface area contributed by atoms with Gasteiger partial charge in [-0.2, -0.15) is 0 Å². The molecule has 6 N–H and O–H groups in total. The van der Waals surface area contributed by atoms with Gasteiger partial charge >= 0.3 is 0 Å². The molecular formula is C29H37N3O6. The summed E-state index contributed by atoms with van der Waals surface area (Å²) in [6.07, 6.45) is -6.09. The minimum Gasteiger partial charge on any atom is -0.394 e. The van der Waals surface area contributed by atoms with Crippen LogP contribution in [0.3, 0.4) is 0 Å². The minimum absolute atomic E-state index is 0.195. The molecule has 1 aliphatic rings. The van der Waals surface area contributed by atoms with Gasteiger partial charge in [-0.15, -0.1) is 0 Å². The van der Waals surface area contributed by atoms with E-state index in [0.29, 0.717) is 11.6 Å². The number of hydrogen-bond donors (Lipinski definition) is 6. The smallest absolute Gasteiger partial charge is 0.255 e. The van der Waals surface area contributed by atoms with Crippen molar-refractivity contribution in [3.63, 3.8) is 0 Å². The summed E-state index contributed by atoms with van der Waals surface area (Å²) in [5, 5.41) is 54.9. The number of hydrogen-bond acceptors (Lipinski definition) is 8. The summed E-state index contributed by atoms with van der Waals surface area (Å²) in [7, 11) is 1.29. The van der Waals surface area contributed by atoms with Gasteiger partial charge in [0.15, 0.2) is 6.23 Å². The Balaban J connectivity index is 1.35. The molecule has 0 radical (unpaired) electrons. The number of nitrogens with one attached hydrogen (secondary N) is 1. The van der Waals surface area contributed by atoms with Crippen LogP contribution in [0.15, 0.2) is 66.7 Å². The second-order valence-electron chi connectivity index (χ2n) is 10.00. The Labute approximate surface area is 222 Å². The van der Waals surface area contributed by atoms with Crippen LogP contribution in [0.5, 0.6) is 0 Å². The first-order valence-electron chi connectivity index (χ1n) is 12.9. The molecule has 0 bridgehead atoms. The van der Waals surface area contributed by atoms with Crippen molar-refractivity contribution in [3.8, 4) is 0 Å². The zero-order chi connectivity index (χ0) is 27.4. The summed E-state index contributed by atoms with van der Waals surface area (Å²) >= 11 is 0. The molecule has 204 valence electrons. The highest BCUT2D eigenvalue weighted by atomic mass is 16.4. The van der Waals surface area contributed by atoms with E-state index in [-0.39, 0.29) is 6.04 Å². The number of likely N-dealkylation sites (N-methyl/N-ethyl adjacent to an activating group) is 1. The maximum atomic E-state index is 12.8. The molecule has 0 aliphatic carbocycles. The first-order chi connectivity index (χ1) is 18.2. The third-order valence-electron chi connectivity index (χ3n) is 7.40. The van der Waals surface area contributed by atoms with Crippen molar-refractivity contribution in [3.05, 3.63) is 77.9 Å². The Hall–Kier alpha value is -3.05. The predicted molar refractivity (Wildman–Crippen MR) is 146 cm³/mol. The van der Waals surface area contributed by atoms with Gasteiger partial charge in [0.25, 0.3) is 5.91 Å². The van der Waals surface area contributed by atoms with Crippen LogP contribution in [0.2, 0.25) is 0 Å². The zero-order valence-electron chi connectivity index (χ0n) is 21.7. The van der Waals surface area contributed by atoms with Crippen LogP contribution in [0, 0.1) is 0 Å². The maximum absolute atomic E-state index is 12.8. The summed E-state index contributed by atoms with van der Waals surface area (Å²) in [5.41, 5.74) is 2.56. The van der Waals surface area contributed by atoms with Crippen molar-refractivity contribution < 1.29 is 30.3 Å². The van der Waals surface area contributed by atoms with E-state index in [4.69, 9.17) is 5.11 Å². The predicted octanol–water partition coefficient (Wildman–Crippen LogP) is 1.23. The van der Waals surface area contributed by atoms with Crippen LogP contribution in [0.4, 0.5) is 5.69 Å². The summed E-state index contributed by atoms with van der Waals surface area (Å²) in [6, 6.07) is 22.3. The van der Waals surface area contributed by atoms with E-state index < -0.39 is 37.1 Å². The van der Waals surface area contributed by atoms with Gasteiger partial charge in [0, 0.05) is 43.5 Å². The second kappa shape index (κ2) is 12.2. The molecular weight excluding hydrogens is 486 g/mol. The average molecular weight is 524 g/mol. The molecule has 0 aromatic heterocycles. The van der Waals surface area contributed by atoms with E-state index in [1.807, 2.05) is 12.1 Å². The van der Waals surface area contributed by atoms with Crippen LogP contribution in [0.25, 0.3) is 10.8 Å². The number of anilines is 1. The third kappa shape index (κ3) is 5.99. The molecule has 1 aliphatic heterocycles. The van der Waals surface area contributed by atoms with Gasteiger partial charge in [-0.25, -0.2) is 0 Å². The summed E-state index contributed by atoms with van der Waals surface area (Å²) in [6.45, 7) is 3.11. The molecule has 1 heterocycles. The van der Waals surface area contributed by atoms with Crippen LogP contribution < -0.4 is 10.2 Å². The molecule has 1 amide bonds. The fraction of sp³-hybridized carbons (Fsp3) is 0.414. The summed E-state index contributed by atoms with van der Waals surface area (Å²) < 4.78 is 0. The lowest BCUT2D eigenvalue weighted by molar-refractivity contribution is -0.143. The van der Waals surface area contributed by atoms with Gasteiger partial charge in [0.2, 0.25) is 0 Å². The number of benzene rings is 3. The molecule has 9 nitrogen and oxygen atoms in total. The van der Waals surface area contributed by atoms with E-state index in [0.717, 1.165) is 30.1 Å². The van der Waals surface area contributed by atoms with E-state index >= 15 is 0 Å². The largest absolute Gasteiger partial charge is 0.394 e. The van der Waals surface area contributed by atoms with Crippen LogP contribution >= 0.6 is 0 Å². The molecule has 38 heavy (non-hydrogen) atoms. The Morgan fingerprint density at radius 3 is 2.39 bits per heavy atom. The molecule has 4 rings (SSSR count). The Morgan fingerprint density at radius 2 is 1.68 bits per heavy atom. The fourth-order valence-corrected chi connectivity index (χ4v) is 5.08. The van der Waals surface area contributed by atoms with Crippen molar-refractivity contribution in [1.82, 2.24) is 10.2 Å². The van der Waals surface area contributed by atoms with Crippen molar-refractivity contribution in [2.45, 2.75) is 50.0 Å². The van der Waals surface area contributed by atoms with Gasteiger partial charge in [-0.05, 0) is 53.9 Å². The lowest BCUT2D eigenvalue weighted by Crippen LogP contribution is -2.53. The average Bonchev–Trinajstić information content (AvgIpc) is 3.42. The quantitative estimate of drug-likeness (QED) is 0.219. The van der Waals surface area contributed by atoms with E-state index in [1.54, 1.807) is 12.1 Å². The number of aliphatic hydroxyl groups is 5. The molecule has 0 saturated carbocycles. The number of fused-ring (bicyclic) bond motifs is 1. The Morgan fingerprint density at radius 1 is 1.00 bits per heavy atom. The highest BCUT2D eigenvalue weighted by Crippen LogP contribution is 2.27. The number of carbonyl (C=O) groups excluding carboxylic acids is 1. The normalized spacial score (nSPS) is 19.7. The topological polar surface area (TPSA) is 137 Å². The fourth-order valence-electron chi connectivity index (χ4n) is 5.08. The number of aliphatic hydroxyl groups excluding tert-OH is 5. The van der Waals surface area contributed by atoms with Gasteiger partial charge < -0.3 is 40.6 Å². The molecule has 1 fully saturated rings. The molecule has 0 spiro atoms. The van der Waals surface area contributed by atoms with Gasteiger partial charge in [-0.3, -0.25) is 4.79 Å². The first-order valence-corrected chi connectivity index (χ1v) is 12.9. The second-order valence-corrected chi connectivity index (χ2v) is 10.00. The van der Waals surface area contributed by atoms with Crippen molar-refractivity contribution in [2.24, 2.45) is 0 Å². The third-order valence-corrected chi connectivity index (χ3v) is 7.40. The van der Waals surface area contributed by atoms with Gasteiger partial charge in [0.1, 0.15) is 18.3 Å². The van der Waals surface area contributed by atoms with E-state index in [9.17, 15) is 25.2 Å². The standard InChI is InChI=1S/C29H37N3O6/c1-18(23-9-5-7-19-6-3-4-8-24(19)23)30-21-14-15-32(16-21)22-12-10-20(11-13-22)28(37)31(2)29(38)27(36)26(35)25(34)17-33/h3-13,18,21,25-27,29-30,33-36,38H,14-17H2,1-2H3/t18-,21+,25+,26-,27-,29+/m1/s1. The Kier molecular flexibility index (Phi) is 8.99. The summed E-state index contributed by atoms with van der Waals surface area (Å²) in [4.78, 5) is 16.0. The van der Waals surface area contributed by atoms with E-state index in [1.165, 1.54) is 23.4 Å². The SMILES string of the molecule is C[C@@H](N[C@H]1CCN(c2ccc(C(=O)N(C)[C@@H](O)[C@H](O)[C@H](O)[C@@H](O)CO)cc2)C1)c1cccc2ccccc12. The number of nitrogens with zero attached hydrogens (tertiary/aromatic N) is 2. The van der Waals surface area contributed by atoms with Crippen molar-refractivity contribution in [2.75, 3.05) is 31.6 Å². The number of carbonyl (C=O) groups is 1. The molecule has 1 saturated heterocycles. The van der Waals surface area contributed by atoms with E-state index in [2.05, 4.69) is 59.6 Å². The first kappa shape index (κ1) is 28.0. The van der Waals surface area contributed by atoms with Gasteiger partial charge in [0.05, 0.1) is 6.61 Å². The maximum Gasteiger partial charge on any atom is 0.255 e. The zero-order valence-corrected chi connectivity index (χ0v) is 21.7. The molecule has 3 aromatic rings. The molecule has 0 unspecified atom stereocenters. The lowest BCUT2D eigenvalue weighted by Gasteiger charge is -2.31. The highest BCUT2D eigenvalue weighted by Gasteiger charge is 2.34. The number of rotatable bonds is 10. The molecule has 6 atom stereocenters. The monoisotopic (exact) mass is 523 g/mol. The Bertz CT molecular complexity index is 1220. The van der Waals surface area contributed by atoms with Crippen molar-refractivity contribution >= 4 is 22.4 Å². The van der Waals surface area contributed by atoms with Crippen LogP contribution in [-0.4, -0.2) is 93.7 Å². The van der Waals surface area contributed by atoms with Crippen LogP contribution in [-0.2, 0) is 0 Å². The lowest BCUT2D eigenvalue weighted by atomic mass is 9.99.